The molecule has 2 fully saturated rings. The average Bonchev–Trinajstić information content (AvgIpc) is 3.47. The van der Waals surface area contributed by atoms with Crippen molar-refractivity contribution in [3.05, 3.63) is 49.7 Å². The van der Waals surface area contributed by atoms with E-state index in [1.807, 2.05) is 4.90 Å². The number of hydrogen-bond acceptors (Lipinski definition) is 5. The van der Waals surface area contributed by atoms with Crippen molar-refractivity contribution in [3.63, 3.8) is 0 Å². The first kappa shape index (κ1) is 20.4. The Kier molecular flexibility index (Phi) is 5.06. The highest BCUT2D eigenvalue weighted by atomic mass is 19.1. The summed E-state index contributed by atoms with van der Waals surface area (Å²) >= 11 is 0. The van der Waals surface area contributed by atoms with Gasteiger partial charge in [0.1, 0.15) is 5.82 Å². The highest BCUT2D eigenvalue weighted by Crippen LogP contribution is 2.40. The van der Waals surface area contributed by atoms with Crippen molar-refractivity contribution in [2.24, 2.45) is 5.41 Å². The summed E-state index contributed by atoms with van der Waals surface area (Å²) in [6.07, 6.45) is 2.57. The molecule has 1 atom stereocenters. The molecule has 1 aromatic carbocycles. The molecule has 1 saturated carbocycles. The average molecular weight is 414 g/mol. The molecular weight excluding hydrogens is 387 g/mol. The summed E-state index contributed by atoms with van der Waals surface area (Å²) in [5, 5.41) is 3.46. The number of nitrogens with zero attached hydrogens (tertiary/aromatic N) is 4. The van der Waals surface area contributed by atoms with E-state index < -0.39 is 17.1 Å². The van der Waals surface area contributed by atoms with Gasteiger partial charge in [-0.2, -0.15) is 4.68 Å². The molecule has 2 aliphatic rings. The minimum absolute atomic E-state index is 0.00269. The zero-order chi connectivity index (χ0) is 21.6. The Balaban J connectivity index is 1.75. The number of aryl methyl sites for hydroxylation is 1. The summed E-state index contributed by atoms with van der Waals surface area (Å²) in [6, 6.07) is 1.23. The Morgan fingerprint density at radius 1 is 1.40 bits per heavy atom. The van der Waals surface area contributed by atoms with Crippen LogP contribution < -0.4 is 27.3 Å². The van der Waals surface area contributed by atoms with E-state index in [-0.39, 0.29) is 16.8 Å². The number of anilines is 1. The molecule has 8 nitrogen and oxygen atoms in total. The lowest BCUT2D eigenvalue weighted by atomic mass is 9.90. The van der Waals surface area contributed by atoms with E-state index in [9.17, 15) is 9.59 Å². The Labute approximate surface area is 173 Å². The molecular formula is C21H27FN6O2. The van der Waals surface area contributed by atoms with Gasteiger partial charge in [0.25, 0.3) is 5.56 Å². The smallest absolute Gasteiger partial charge is 0.350 e. The predicted octanol–water partition coefficient (Wildman–Crippen LogP) is 1.38. The van der Waals surface area contributed by atoms with Crippen LogP contribution in [-0.2, 0) is 0 Å². The first-order valence-corrected chi connectivity index (χ1v) is 10.3. The first-order valence-electron chi connectivity index (χ1n) is 10.3. The van der Waals surface area contributed by atoms with E-state index >= 15 is 4.39 Å². The van der Waals surface area contributed by atoms with Crippen molar-refractivity contribution < 1.29 is 4.39 Å². The van der Waals surface area contributed by atoms with E-state index in [1.165, 1.54) is 6.07 Å². The molecule has 3 N–H and O–H groups in total. The van der Waals surface area contributed by atoms with E-state index in [0.29, 0.717) is 47.6 Å². The van der Waals surface area contributed by atoms with Gasteiger partial charge in [-0.25, -0.2) is 15.8 Å². The molecule has 2 aromatic rings. The minimum atomic E-state index is -0.671. The highest BCUT2D eigenvalue weighted by molar-refractivity contribution is 5.87. The molecule has 4 rings (SSSR count). The van der Waals surface area contributed by atoms with Crippen molar-refractivity contribution in [1.29, 1.82) is 0 Å². The molecule has 1 unspecified atom stereocenters. The van der Waals surface area contributed by atoms with Crippen LogP contribution in [0.25, 0.3) is 15.7 Å². The van der Waals surface area contributed by atoms with Crippen LogP contribution >= 0.6 is 0 Å². The highest BCUT2D eigenvalue weighted by Gasteiger charge is 2.36. The topological polar surface area (TPSA) is 89.7 Å². The number of benzene rings is 1. The molecule has 30 heavy (non-hydrogen) atoms. The molecule has 1 aliphatic heterocycles. The number of aromatic nitrogens is 2. The summed E-state index contributed by atoms with van der Waals surface area (Å²) in [4.78, 5) is 30.6. The van der Waals surface area contributed by atoms with E-state index in [4.69, 9.17) is 12.4 Å². The number of hydrogen-bond donors (Lipinski definition) is 2. The number of fused-ring (bicyclic) bond motifs is 1. The quantitative estimate of drug-likeness (QED) is 0.424. The van der Waals surface area contributed by atoms with E-state index in [2.05, 4.69) is 17.1 Å². The van der Waals surface area contributed by atoms with Gasteiger partial charge in [-0.15, -0.1) is 0 Å². The molecule has 1 aliphatic carbocycles. The van der Waals surface area contributed by atoms with Gasteiger partial charge in [0, 0.05) is 31.2 Å². The Morgan fingerprint density at radius 2 is 2.13 bits per heavy atom. The van der Waals surface area contributed by atoms with Gasteiger partial charge in [-0.05, 0) is 37.7 Å². The van der Waals surface area contributed by atoms with Crippen LogP contribution in [0.4, 0.5) is 10.1 Å². The van der Waals surface area contributed by atoms with Gasteiger partial charge >= 0.3 is 5.69 Å². The Bertz CT molecular complexity index is 1160. The van der Waals surface area contributed by atoms with E-state index in [0.717, 1.165) is 25.8 Å². The minimum Gasteiger partial charge on any atom is -0.368 e. The normalized spacial score (nSPS) is 21.3. The zero-order valence-electron chi connectivity index (χ0n) is 17.4. The van der Waals surface area contributed by atoms with Crippen LogP contribution in [0.1, 0.15) is 37.8 Å². The van der Waals surface area contributed by atoms with Gasteiger partial charge in [0.05, 0.1) is 23.1 Å². The molecule has 0 spiro atoms. The van der Waals surface area contributed by atoms with Crippen molar-refractivity contribution in [2.45, 2.75) is 39.2 Å². The van der Waals surface area contributed by atoms with Crippen molar-refractivity contribution >= 4 is 16.6 Å². The molecule has 1 saturated heterocycles. The largest absolute Gasteiger partial charge is 0.368 e. The van der Waals surface area contributed by atoms with Gasteiger partial charge in [0.2, 0.25) is 6.54 Å². The molecule has 9 heteroatoms. The summed E-state index contributed by atoms with van der Waals surface area (Å²) in [6.45, 7) is 14.0. The first-order chi connectivity index (χ1) is 14.3. The van der Waals surface area contributed by atoms with Gasteiger partial charge in [-0.1, -0.05) is 6.92 Å². The third-order valence-corrected chi connectivity index (χ3v) is 6.30. The molecule has 0 radical (unpaired) electrons. The van der Waals surface area contributed by atoms with Crippen LogP contribution in [-0.4, -0.2) is 42.0 Å². The maximum Gasteiger partial charge on any atom is 0.350 e. The third-order valence-electron chi connectivity index (χ3n) is 6.30. The van der Waals surface area contributed by atoms with E-state index in [1.54, 1.807) is 11.5 Å². The molecule has 160 valence electrons. The molecule has 2 heterocycles. The maximum absolute atomic E-state index is 15.2. The zero-order valence-corrected chi connectivity index (χ0v) is 17.4. The number of rotatable bonds is 6. The van der Waals surface area contributed by atoms with Crippen LogP contribution in [0.2, 0.25) is 0 Å². The monoisotopic (exact) mass is 414 g/mol. The second-order valence-electron chi connectivity index (χ2n) is 8.83. The van der Waals surface area contributed by atoms with Gasteiger partial charge < -0.3 is 20.9 Å². The lowest BCUT2D eigenvalue weighted by molar-refractivity contribution is 0.347. The summed E-state index contributed by atoms with van der Waals surface area (Å²) in [7, 11) is 0. The van der Waals surface area contributed by atoms with Crippen LogP contribution in [0.5, 0.6) is 0 Å². The summed E-state index contributed by atoms with van der Waals surface area (Å²) in [5.74, 6) is 5.22. The number of nitrogens with two attached hydrogens (primary N) is 1. The SMILES string of the molecule is [C-]#[N+]CCNCC1(C)CCN(c2c(F)cc3c(=O)n(N)c(=O)n(C4CC4)c3c2C)C1. The van der Waals surface area contributed by atoms with Gasteiger partial charge in [-0.3, -0.25) is 9.36 Å². The number of halogens is 1. The third kappa shape index (κ3) is 3.35. The lowest BCUT2D eigenvalue weighted by Gasteiger charge is -2.27. The predicted molar refractivity (Wildman–Crippen MR) is 115 cm³/mol. The van der Waals surface area contributed by atoms with Crippen LogP contribution in [0, 0.1) is 24.7 Å². The maximum atomic E-state index is 15.2. The van der Waals surface area contributed by atoms with Crippen molar-refractivity contribution in [1.82, 2.24) is 14.6 Å². The summed E-state index contributed by atoms with van der Waals surface area (Å²) in [5.41, 5.74) is 0.287. The molecule has 0 amide bonds. The van der Waals surface area contributed by atoms with Crippen LogP contribution in [0.15, 0.2) is 15.7 Å². The van der Waals surface area contributed by atoms with Crippen molar-refractivity contribution in [3.8, 4) is 0 Å². The summed E-state index contributed by atoms with van der Waals surface area (Å²) < 4.78 is 17.4. The number of nitrogen functional groups attached to an aromatic ring is 1. The fourth-order valence-corrected chi connectivity index (χ4v) is 4.60. The molecule has 0 bridgehead atoms. The van der Waals surface area contributed by atoms with Gasteiger partial charge in [0.15, 0.2) is 0 Å². The standard InChI is InChI=1S/C21H27FN6O2/c1-13-17-15(19(29)28(23)20(30)27(17)14-4-5-14)10-16(22)18(13)26-9-6-21(2,12-26)11-25-8-7-24-3/h10,14,25H,4-9,11-12,23H2,1-2H3. The van der Waals surface area contributed by atoms with Crippen LogP contribution in [0.3, 0.4) is 0 Å². The lowest BCUT2D eigenvalue weighted by Crippen LogP contribution is -2.44. The number of nitrogens with one attached hydrogen (secondary N) is 1. The Morgan fingerprint density at radius 3 is 2.80 bits per heavy atom. The second kappa shape index (κ2) is 7.43. The van der Waals surface area contributed by atoms with Crippen molar-refractivity contribution in [2.75, 3.05) is 43.5 Å². The fraction of sp³-hybridized carbons (Fsp3) is 0.571. The molecule has 1 aromatic heterocycles. The fourth-order valence-electron chi connectivity index (χ4n) is 4.60. The second-order valence-corrected chi connectivity index (χ2v) is 8.83. The Hall–Kier alpha value is -2.86.